The summed E-state index contributed by atoms with van der Waals surface area (Å²) in [6.45, 7) is 0.517. The molecule has 3 rings (SSSR count). The topological polar surface area (TPSA) is 112 Å². The zero-order valence-corrected chi connectivity index (χ0v) is 13.1. The van der Waals surface area contributed by atoms with Crippen molar-refractivity contribution in [2.24, 2.45) is 0 Å². The van der Waals surface area contributed by atoms with Crippen molar-refractivity contribution in [2.45, 2.75) is 13.0 Å². The summed E-state index contributed by atoms with van der Waals surface area (Å²) in [6.07, 6.45) is 1.62. The molecule has 1 aliphatic rings. The molecular formula is C15H13FN4O5. The van der Waals surface area contributed by atoms with E-state index < -0.39 is 21.4 Å². The van der Waals surface area contributed by atoms with E-state index in [4.69, 9.17) is 4.74 Å². The third kappa shape index (κ3) is 3.05. The molecule has 0 bridgehead atoms. The normalized spacial score (nSPS) is 13.3. The van der Waals surface area contributed by atoms with Crippen LogP contribution in [0.3, 0.4) is 0 Å². The van der Waals surface area contributed by atoms with Crippen molar-refractivity contribution in [3.05, 3.63) is 61.7 Å². The predicted molar refractivity (Wildman–Crippen MR) is 85.3 cm³/mol. The van der Waals surface area contributed by atoms with Crippen molar-refractivity contribution < 1.29 is 19.0 Å². The fourth-order valence-electron chi connectivity index (χ4n) is 2.82. The molecule has 1 aliphatic heterocycles. The second kappa shape index (κ2) is 6.30. The SMILES string of the molecule is COc1cc(F)c([N+](=O)[O-])c(N2CCc3ncc([N+](=O)[O-])cc3C2)c1. The van der Waals surface area contributed by atoms with Gasteiger partial charge in [-0.3, -0.25) is 25.2 Å². The van der Waals surface area contributed by atoms with Crippen LogP contribution in [0.5, 0.6) is 5.75 Å². The summed E-state index contributed by atoms with van der Waals surface area (Å²) in [7, 11) is 1.34. The number of benzene rings is 1. The van der Waals surface area contributed by atoms with E-state index in [2.05, 4.69) is 4.98 Å². The van der Waals surface area contributed by atoms with Crippen molar-refractivity contribution >= 4 is 17.1 Å². The van der Waals surface area contributed by atoms with E-state index in [1.165, 1.54) is 25.4 Å². The Morgan fingerprint density at radius 2 is 2.00 bits per heavy atom. The maximum Gasteiger partial charge on any atom is 0.328 e. The minimum absolute atomic E-state index is 0.0685. The monoisotopic (exact) mass is 348 g/mol. The molecular weight excluding hydrogens is 335 g/mol. The van der Waals surface area contributed by atoms with Crippen LogP contribution in [0.4, 0.5) is 21.5 Å². The number of hydrogen-bond acceptors (Lipinski definition) is 7. The second-order valence-electron chi connectivity index (χ2n) is 5.46. The number of hydrogen-bond donors (Lipinski definition) is 0. The molecule has 0 radical (unpaired) electrons. The molecule has 130 valence electrons. The number of rotatable bonds is 4. The molecule has 0 saturated heterocycles. The van der Waals surface area contributed by atoms with Gasteiger partial charge in [0.2, 0.25) is 5.82 Å². The van der Waals surface area contributed by atoms with Crippen LogP contribution in [-0.4, -0.2) is 28.5 Å². The van der Waals surface area contributed by atoms with Crippen LogP contribution >= 0.6 is 0 Å². The van der Waals surface area contributed by atoms with Gasteiger partial charge in [-0.05, 0) is 5.56 Å². The highest BCUT2D eigenvalue weighted by molar-refractivity contribution is 5.67. The van der Waals surface area contributed by atoms with Crippen LogP contribution < -0.4 is 9.64 Å². The van der Waals surface area contributed by atoms with Gasteiger partial charge in [0.1, 0.15) is 17.6 Å². The van der Waals surface area contributed by atoms with Gasteiger partial charge in [-0.15, -0.1) is 0 Å². The van der Waals surface area contributed by atoms with Crippen LogP contribution in [-0.2, 0) is 13.0 Å². The molecule has 0 spiro atoms. The van der Waals surface area contributed by atoms with Crippen LogP contribution in [0, 0.1) is 26.0 Å². The summed E-state index contributed by atoms with van der Waals surface area (Å²) < 4.78 is 19.1. The first-order chi connectivity index (χ1) is 11.9. The summed E-state index contributed by atoms with van der Waals surface area (Å²) in [5.41, 5.74) is 0.527. The van der Waals surface area contributed by atoms with E-state index in [0.29, 0.717) is 24.2 Å². The molecule has 2 heterocycles. The highest BCUT2D eigenvalue weighted by Crippen LogP contribution is 2.37. The summed E-state index contributed by atoms with van der Waals surface area (Å²) in [4.78, 5) is 26.5. The van der Waals surface area contributed by atoms with Gasteiger partial charge in [-0.1, -0.05) is 0 Å². The maximum atomic E-state index is 14.1. The lowest BCUT2D eigenvalue weighted by molar-refractivity contribution is -0.386. The number of halogens is 1. The molecule has 1 aromatic carbocycles. The first-order valence-corrected chi connectivity index (χ1v) is 7.29. The third-order valence-corrected chi connectivity index (χ3v) is 4.01. The number of nitro benzene ring substituents is 1. The van der Waals surface area contributed by atoms with Crippen LogP contribution in [0.25, 0.3) is 0 Å². The van der Waals surface area contributed by atoms with Crippen molar-refractivity contribution in [3.63, 3.8) is 0 Å². The van der Waals surface area contributed by atoms with Gasteiger partial charge in [-0.25, -0.2) is 0 Å². The number of ether oxygens (including phenoxy) is 1. The Morgan fingerprint density at radius 1 is 1.24 bits per heavy atom. The maximum absolute atomic E-state index is 14.1. The van der Waals surface area contributed by atoms with E-state index in [-0.39, 0.29) is 23.7 Å². The second-order valence-corrected chi connectivity index (χ2v) is 5.46. The number of anilines is 1. The smallest absolute Gasteiger partial charge is 0.328 e. The molecule has 9 nitrogen and oxygen atoms in total. The van der Waals surface area contributed by atoms with Crippen LogP contribution in [0.2, 0.25) is 0 Å². The standard InChI is InChI=1S/C15H13FN4O5/c1-25-11-5-12(16)15(20(23)24)14(6-11)18-3-2-13-9(8-18)4-10(7-17-13)19(21)22/h4-7H,2-3,8H2,1H3. The molecule has 1 aromatic heterocycles. The van der Waals surface area contributed by atoms with Crippen LogP contribution in [0.1, 0.15) is 11.3 Å². The number of fused-ring (bicyclic) bond motifs is 1. The van der Waals surface area contributed by atoms with E-state index >= 15 is 0 Å². The zero-order valence-electron chi connectivity index (χ0n) is 13.1. The van der Waals surface area contributed by atoms with Gasteiger partial charge in [0.25, 0.3) is 5.69 Å². The minimum Gasteiger partial charge on any atom is -0.497 e. The first-order valence-electron chi connectivity index (χ1n) is 7.29. The lowest BCUT2D eigenvalue weighted by Crippen LogP contribution is -2.31. The Kier molecular flexibility index (Phi) is 4.17. The number of nitrogens with zero attached hydrogens (tertiary/aromatic N) is 4. The van der Waals surface area contributed by atoms with Crippen molar-refractivity contribution in [3.8, 4) is 5.75 Å². The Labute approximate surface area is 141 Å². The van der Waals surface area contributed by atoms with Crippen molar-refractivity contribution in [1.82, 2.24) is 4.98 Å². The average Bonchev–Trinajstić information content (AvgIpc) is 2.59. The molecule has 2 aromatic rings. The summed E-state index contributed by atoms with van der Waals surface area (Å²) in [6, 6.07) is 3.72. The van der Waals surface area contributed by atoms with Gasteiger partial charge >= 0.3 is 5.69 Å². The summed E-state index contributed by atoms with van der Waals surface area (Å²) >= 11 is 0. The number of methoxy groups -OCH3 is 1. The quantitative estimate of drug-likeness (QED) is 0.616. The van der Waals surface area contributed by atoms with Gasteiger partial charge < -0.3 is 9.64 Å². The Hall–Kier alpha value is -3.30. The Morgan fingerprint density at radius 3 is 2.64 bits per heavy atom. The zero-order chi connectivity index (χ0) is 18.1. The fourth-order valence-corrected chi connectivity index (χ4v) is 2.82. The largest absolute Gasteiger partial charge is 0.497 e. The molecule has 0 saturated carbocycles. The Bertz CT molecular complexity index is 873. The lowest BCUT2D eigenvalue weighted by atomic mass is 10.0. The molecule has 25 heavy (non-hydrogen) atoms. The van der Waals surface area contributed by atoms with Gasteiger partial charge in [0.05, 0.1) is 17.0 Å². The van der Waals surface area contributed by atoms with E-state index in [0.717, 1.165) is 6.07 Å². The van der Waals surface area contributed by atoms with Gasteiger partial charge in [0, 0.05) is 43.4 Å². The van der Waals surface area contributed by atoms with Gasteiger partial charge in [-0.2, -0.15) is 4.39 Å². The average molecular weight is 348 g/mol. The third-order valence-electron chi connectivity index (χ3n) is 4.01. The van der Waals surface area contributed by atoms with Crippen LogP contribution in [0.15, 0.2) is 24.4 Å². The summed E-state index contributed by atoms with van der Waals surface area (Å²) in [5.74, 6) is -0.844. The molecule has 10 heteroatoms. The molecule has 0 N–H and O–H groups in total. The summed E-state index contributed by atoms with van der Waals surface area (Å²) in [5, 5.41) is 22.2. The van der Waals surface area contributed by atoms with E-state index in [1.807, 2.05) is 0 Å². The van der Waals surface area contributed by atoms with Gasteiger partial charge in [0.15, 0.2) is 0 Å². The molecule has 0 unspecified atom stereocenters. The Balaban J connectivity index is 2.04. The first kappa shape index (κ1) is 16.6. The minimum atomic E-state index is -0.998. The highest BCUT2D eigenvalue weighted by Gasteiger charge is 2.29. The number of pyridine rings is 1. The molecule has 0 aliphatic carbocycles. The fraction of sp³-hybridized carbons (Fsp3) is 0.267. The highest BCUT2D eigenvalue weighted by atomic mass is 19.1. The molecule has 0 atom stereocenters. The number of nitro groups is 2. The lowest BCUT2D eigenvalue weighted by Gasteiger charge is -2.29. The predicted octanol–water partition coefficient (Wildman–Crippen LogP) is 2.61. The molecule has 0 fully saturated rings. The van der Waals surface area contributed by atoms with Crippen molar-refractivity contribution in [2.75, 3.05) is 18.6 Å². The number of aromatic nitrogens is 1. The van der Waals surface area contributed by atoms with E-state index in [1.54, 1.807) is 4.90 Å². The van der Waals surface area contributed by atoms with E-state index in [9.17, 15) is 24.6 Å². The van der Waals surface area contributed by atoms with Crippen molar-refractivity contribution in [1.29, 1.82) is 0 Å². The molecule has 0 amide bonds.